The van der Waals surface area contributed by atoms with Gasteiger partial charge in [-0.25, -0.2) is 4.98 Å². The Hall–Kier alpha value is -3.66. The molecule has 7 nitrogen and oxygen atoms in total. The molecular weight excluding hydrogens is 308 g/mol. The highest BCUT2D eigenvalue weighted by molar-refractivity contribution is 5.92. The Bertz CT molecular complexity index is 1030. The van der Waals surface area contributed by atoms with Crippen LogP contribution in [0.5, 0.6) is 5.75 Å². The van der Waals surface area contributed by atoms with E-state index >= 15 is 0 Å². The van der Waals surface area contributed by atoms with Crippen molar-refractivity contribution in [2.24, 2.45) is 7.05 Å². The second-order valence-electron chi connectivity index (χ2n) is 5.13. The lowest BCUT2D eigenvalue weighted by Gasteiger charge is -2.03. The molecule has 0 aliphatic heterocycles. The van der Waals surface area contributed by atoms with Crippen molar-refractivity contribution >= 4 is 28.4 Å². The van der Waals surface area contributed by atoms with Crippen LogP contribution in [0.1, 0.15) is 11.4 Å². The second-order valence-corrected chi connectivity index (χ2v) is 5.13. The highest BCUT2D eigenvalue weighted by atomic mass is 16.6. The summed E-state index contributed by atoms with van der Waals surface area (Å²) in [6.45, 7) is 0. The third kappa shape index (κ3) is 2.46. The molecule has 1 aromatic heterocycles. The molecule has 1 heterocycles. The third-order valence-electron chi connectivity index (χ3n) is 3.69. The average Bonchev–Trinajstić information content (AvgIpc) is 2.91. The molecule has 0 aliphatic rings. The van der Waals surface area contributed by atoms with Crippen LogP contribution >= 0.6 is 0 Å². The Balaban J connectivity index is 2.17. The number of nitriles is 1. The predicted molar refractivity (Wildman–Crippen MR) is 89.0 cm³/mol. The van der Waals surface area contributed by atoms with Gasteiger partial charge in [0.05, 0.1) is 21.5 Å². The molecule has 7 heteroatoms. The highest BCUT2D eigenvalue weighted by Crippen LogP contribution is 2.32. The number of imidazole rings is 1. The fraction of sp³-hybridized carbons (Fsp3) is 0.0588. The van der Waals surface area contributed by atoms with Crippen molar-refractivity contribution in [2.45, 2.75) is 0 Å². The van der Waals surface area contributed by atoms with Crippen molar-refractivity contribution in [3.05, 3.63) is 64.0 Å². The first-order valence-corrected chi connectivity index (χ1v) is 7.03. The maximum Gasteiger partial charge on any atom is 0.311 e. The Morgan fingerprint density at radius 1 is 1.33 bits per heavy atom. The molecule has 3 rings (SSSR count). The number of nitro groups is 1. The molecule has 0 atom stereocenters. The molecule has 3 aromatic rings. The number of aromatic hydroxyl groups is 1. The Labute approximate surface area is 136 Å². The van der Waals surface area contributed by atoms with Crippen LogP contribution in [0.2, 0.25) is 0 Å². The van der Waals surface area contributed by atoms with E-state index in [2.05, 4.69) is 4.98 Å². The number of allylic oxidation sites excluding steroid dienone is 1. The molecule has 24 heavy (non-hydrogen) atoms. The van der Waals surface area contributed by atoms with Gasteiger partial charge in [0.25, 0.3) is 0 Å². The zero-order valence-corrected chi connectivity index (χ0v) is 12.7. The summed E-state index contributed by atoms with van der Waals surface area (Å²) in [6.07, 6.45) is 1.39. The molecule has 0 unspecified atom stereocenters. The van der Waals surface area contributed by atoms with Gasteiger partial charge < -0.3 is 9.67 Å². The van der Waals surface area contributed by atoms with Gasteiger partial charge in [0.2, 0.25) is 5.75 Å². The first-order chi connectivity index (χ1) is 11.5. The van der Waals surface area contributed by atoms with E-state index in [0.717, 1.165) is 11.0 Å². The summed E-state index contributed by atoms with van der Waals surface area (Å²) in [5.41, 5.74) is 1.57. The molecule has 0 spiro atoms. The van der Waals surface area contributed by atoms with Gasteiger partial charge in [-0.3, -0.25) is 10.1 Å². The number of benzene rings is 2. The Kier molecular flexibility index (Phi) is 3.72. The number of phenols is 1. The van der Waals surface area contributed by atoms with Gasteiger partial charge in [-0.1, -0.05) is 24.3 Å². The molecule has 0 radical (unpaired) electrons. The number of nitro benzene ring substituents is 1. The molecule has 118 valence electrons. The van der Waals surface area contributed by atoms with Crippen LogP contribution in [0.3, 0.4) is 0 Å². The van der Waals surface area contributed by atoms with Gasteiger partial charge in [0.1, 0.15) is 6.07 Å². The van der Waals surface area contributed by atoms with E-state index in [9.17, 15) is 20.5 Å². The molecule has 0 saturated heterocycles. The van der Waals surface area contributed by atoms with Gasteiger partial charge in [-0.15, -0.1) is 0 Å². The summed E-state index contributed by atoms with van der Waals surface area (Å²) in [4.78, 5) is 14.7. The van der Waals surface area contributed by atoms with Gasteiger partial charge in [-0.2, -0.15) is 5.26 Å². The molecule has 0 amide bonds. The summed E-state index contributed by atoms with van der Waals surface area (Å²) in [5, 5.41) is 30.4. The number of rotatable bonds is 3. The lowest BCUT2D eigenvalue weighted by atomic mass is 10.1. The fourth-order valence-corrected chi connectivity index (χ4v) is 2.50. The van der Waals surface area contributed by atoms with E-state index < -0.39 is 16.4 Å². The smallest absolute Gasteiger partial charge is 0.311 e. The van der Waals surface area contributed by atoms with Crippen molar-refractivity contribution in [1.29, 1.82) is 5.26 Å². The normalized spacial score (nSPS) is 11.4. The van der Waals surface area contributed by atoms with Crippen LogP contribution in [-0.2, 0) is 7.05 Å². The largest absolute Gasteiger partial charge is 0.502 e. The van der Waals surface area contributed by atoms with Crippen LogP contribution in [0, 0.1) is 21.4 Å². The standard InChI is InChI=1S/C17H12N4O3/c1-20-14-7-3-2-6-13(14)19-17(20)12(10-18)9-11-5-4-8-15(16(11)22)21(23)24/h2-9,22H,1H3/b12-9+. The summed E-state index contributed by atoms with van der Waals surface area (Å²) in [5.74, 6) is -0.0568. The quantitative estimate of drug-likeness (QED) is 0.453. The number of aromatic nitrogens is 2. The monoisotopic (exact) mass is 320 g/mol. The van der Waals surface area contributed by atoms with Gasteiger partial charge in [0, 0.05) is 18.7 Å². The van der Waals surface area contributed by atoms with E-state index in [1.807, 2.05) is 30.3 Å². The minimum Gasteiger partial charge on any atom is -0.502 e. The number of nitrogens with zero attached hydrogens (tertiary/aromatic N) is 4. The average molecular weight is 320 g/mol. The van der Waals surface area contributed by atoms with E-state index in [0.29, 0.717) is 5.82 Å². The maximum atomic E-state index is 10.9. The zero-order chi connectivity index (χ0) is 17.3. The predicted octanol–water partition coefficient (Wildman–Crippen LogP) is 3.25. The van der Waals surface area contributed by atoms with Crippen LogP contribution < -0.4 is 0 Å². The van der Waals surface area contributed by atoms with Crippen LogP contribution in [-0.4, -0.2) is 19.6 Å². The number of hydrogen-bond acceptors (Lipinski definition) is 5. The van der Waals surface area contributed by atoms with E-state index in [-0.39, 0.29) is 11.1 Å². The number of hydrogen-bond donors (Lipinski definition) is 1. The van der Waals surface area contributed by atoms with E-state index in [1.165, 1.54) is 24.3 Å². The maximum absolute atomic E-state index is 10.9. The van der Waals surface area contributed by atoms with E-state index in [1.54, 1.807) is 11.6 Å². The summed E-state index contributed by atoms with van der Waals surface area (Å²) in [7, 11) is 1.78. The van der Waals surface area contributed by atoms with Crippen molar-refractivity contribution in [1.82, 2.24) is 9.55 Å². The highest BCUT2D eigenvalue weighted by Gasteiger charge is 2.17. The van der Waals surface area contributed by atoms with Crippen molar-refractivity contribution in [3.63, 3.8) is 0 Å². The van der Waals surface area contributed by atoms with E-state index in [4.69, 9.17) is 0 Å². The summed E-state index contributed by atoms with van der Waals surface area (Å²) < 4.78 is 1.76. The lowest BCUT2D eigenvalue weighted by molar-refractivity contribution is -0.385. The van der Waals surface area contributed by atoms with Gasteiger partial charge >= 0.3 is 5.69 Å². The minimum atomic E-state index is -0.673. The van der Waals surface area contributed by atoms with Crippen molar-refractivity contribution in [3.8, 4) is 11.8 Å². The fourth-order valence-electron chi connectivity index (χ4n) is 2.50. The molecule has 0 bridgehead atoms. The first-order valence-electron chi connectivity index (χ1n) is 7.03. The number of para-hydroxylation sites is 3. The number of aryl methyl sites for hydroxylation is 1. The third-order valence-corrected chi connectivity index (χ3v) is 3.69. The van der Waals surface area contributed by atoms with Crippen molar-refractivity contribution in [2.75, 3.05) is 0 Å². The lowest BCUT2D eigenvalue weighted by Crippen LogP contribution is -1.96. The zero-order valence-electron chi connectivity index (χ0n) is 12.7. The molecule has 2 aromatic carbocycles. The topological polar surface area (TPSA) is 105 Å². The van der Waals surface area contributed by atoms with Crippen LogP contribution in [0.4, 0.5) is 5.69 Å². The van der Waals surface area contributed by atoms with Crippen LogP contribution in [0.15, 0.2) is 42.5 Å². The van der Waals surface area contributed by atoms with Crippen LogP contribution in [0.25, 0.3) is 22.7 Å². The molecule has 0 fully saturated rings. The first kappa shape index (κ1) is 15.2. The molecule has 0 saturated carbocycles. The van der Waals surface area contributed by atoms with Gasteiger partial charge in [-0.05, 0) is 18.2 Å². The molecule has 0 aliphatic carbocycles. The minimum absolute atomic E-state index is 0.188. The second kappa shape index (κ2) is 5.85. The summed E-state index contributed by atoms with van der Waals surface area (Å²) >= 11 is 0. The molecule has 1 N–H and O–H groups in total. The Morgan fingerprint density at radius 3 is 2.75 bits per heavy atom. The molecular formula is C17H12N4O3. The summed E-state index contributed by atoms with van der Waals surface area (Å²) in [6, 6.07) is 13.6. The number of phenolic OH excluding ortho intramolecular Hbond substituents is 1. The van der Waals surface area contributed by atoms with Gasteiger partial charge in [0.15, 0.2) is 5.82 Å². The van der Waals surface area contributed by atoms with Crippen molar-refractivity contribution < 1.29 is 10.0 Å². The Morgan fingerprint density at radius 2 is 2.08 bits per heavy atom. The number of fused-ring (bicyclic) bond motifs is 1. The SMILES string of the molecule is Cn1c(/C(C#N)=C/c2cccc([N+](=O)[O-])c2O)nc2ccccc21.